The van der Waals surface area contributed by atoms with E-state index in [1.165, 1.54) is 0 Å². The number of aromatic nitrogens is 2. The van der Waals surface area contributed by atoms with Crippen LogP contribution >= 0.6 is 15.9 Å². The van der Waals surface area contributed by atoms with Crippen molar-refractivity contribution in [1.29, 1.82) is 0 Å². The molecule has 1 aromatic heterocycles. The van der Waals surface area contributed by atoms with Gasteiger partial charge in [-0.3, -0.25) is 0 Å². The zero-order valence-electron chi connectivity index (χ0n) is 5.99. The van der Waals surface area contributed by atoms with Crippen LogP contribution in [-0.4, -0.2) is 10.1 Å². The van der Waals surface area contributed by atoms with Crippen molar-refractivity contribution in [3.63, 3.8) is 0 Å². The molecule has 4 nitrogen and oxygen atoms in total. The number of hydrogen-bond acceptors (Lipinski definition) is 3. The minimum Gasteiger partial charge on any atom is -0.361 e. The van der Waals surface area contributed by atoms with Crippen molar-refractivity contribution < 1.29 is 4.52 Å². The minimum absolute atomic E-state index is 0.143. The smallest absolute Gasteiger partial charge is 0.361 e. The van der Waals surface area contributed by atoms with E-state index < -0.39 is 0 Å². The van der Waals surface area contributed by atoms with Gasteiger partial charge in [0.2, 0.25) is 5.16 Å². The Morgan fingerprint density at radius 3 is 3.08 bits per heavy atom. The van der Waals surface area contributed by atoms with Crippen LogP contribution in [0.2, 0.25) is 0 Å². The first-order chi connectivity index (χ1) is 5.75. The second kappa shape index (κ2) is 2.67. The normalized spacial score (nSPS) is 10.4. The van der Waals surface area contributed by atoms with E-state index in [0.29, 0.717) is 11.1 Å². The summed E-state index contributed by atoms with van der Waals surface area (Å²) in [6.45, 7) is 0. The van der Waals surface area contributed by atoms with Gasteiger partial charge in [-0.15, -0.1) is 0 Å². The van der Waals surface area contributed by atoms with Crippen LogP contribution in [0.5, 0.6) is 0 Å². The molecule has 0 bridgehead atoms. The molecule has 2 rings (SSSR count). The van der Waals surface area contributed by atoms with Crippen LogP contribution in [0.15, 0.2) is 27.2 Å². The van der Waals surface area contributed by atoms with Crippen molar-refractivity contribution in [2.75, 3.05) is 5.73 Å². The number of benzene rings is 1. The number of hydrogen-bond donors (Lipinski definition) is 1. The van der Waals surface area contributed by atoms with E-state index in [1.807, 2.05) is 6.07 Å². The number of anilines is 1. The number of halogens is 1. The molecule has 12 heavy (non-hydrogen) atoms. The summed E-state index contributed by atoms with van der Waals surface area (Å²) in [5.74, 6) is 0.143. The van der Waals surface area contributed by atoms with Crippen molar-refractivity contribution in [3.8, 4) is 0 Å². The Balaban J connectivity index is 2.79. The monoisotopic (exact) mass is 226 g/mol. The number of fused-ring (bicyclic) bond motifs is 1. The van der Waals surface area contributed by atoms with Crippen molar-refractivity contribution in [3.05, 3.63) is 22.7 Å². The molecule has 0 saturated heterocycles. The maximum atomic E-state index is 5.33. The maximum Gasteiger partial charge on any atom is 0.426 e. The van der Waals surface area contributed by atoms with Crippen LogP contribution < -0.4 is 5.73 Å². The average molecular weight is 227 g/mol. The topological polar surface area (TPSA) is 63.1 Å². The quantitative estimate of drug-likeness (QED) is 0.697. The molecule has 2 aromatic rings. The third kappa shape index (κ3) is 1.23. The van der Waals surface area contributed by atoms with Crippen LogP contribution in [0.3, 0.4) is 0 Å². The van der Waals surface area contributed by atoms with Gasteiger partial charge in [0, 0.05) is 4.47 Å². The van der Waals surface area contributed by atoms with Crippen LogP contribution in [0.25, 0.3) is 11.1 Å². The summed E-state index contributed by atoms with van der Waals surface area (Å²) in [6, 6.07) is 5.46. The fraction of sp³-hybridized carbons (Fsp3) is 0. The number of rotatable bonds is 0. The standard InChI is InChI=1S/C7H5BrN3O/c8-4-1-2-5-6(3-4)12-11-7(9)10-5/h1-3H,(H2,9,10,11)/q+1. The highest BCUT2D eigenvalue weighted by atomic mass is 79.9. The van der Waals surface area contributed by atoms with Crippen molar-refractivity contribution in [2.45, 2.75) is 0 Å². The van der Waals surface area contributed by atoms with Gasteiger partial charge in [-0.05, 0) is 12.1 Å². The predicted molar refractivity (Wildman–Crippen MR) is 48.3 cm³/mol. The molecule has 0 saturated carbocycles. The predicted octanol–water partition coefficient (Wildman–Crippen LogP) is 1.85. The second-order valence-electron chi connectivity index (χ2n) is 2.26. The van der Waals surface area contributed by atoms with E-state index >= 15 is 0 Å². The summed E-state index contributed by atoms with van der Waals surface area (Å²) in [5.41, 5.74) is 6.64. The highest BCUT2D eigenvalue weighted by Gasteiger charge is 2.10. The lowest BCUT2D eigenvalue weighted by Gasteiger charge is -1.86. The minimum atomic E-state index is 0.143. The van der Waals surface area contributed by atoms with E-state index in [9.17, 15) is 0 Å². The second-order valence-corrected chi connectivity index (χ2v) is 3.18. The molecule has 2 N–H and O–H groups in total. The molecule has 1 heterocycles. The largest absolute Gasteiger partial charge is 0.426 e. The zero-order valence-corrected chi connectivity index (χ0v) is 7.58. The van der Waals surface area contributed by atoms with Crippen LogP contribution in [0.4, 0.5) is 5.95 Å². The first-order valence-corrected chi connectivity index (χ1v) is 4.07. The number of nitrogens with two attached hydrogens (primary N) is 1. The Bertz CT molecular complexity index is 391. The van der Waals surface area contributed by atoms with Gasteiger partial charge in [0.25, 0.3) is 0 Å². The lowest BCUT2D eigenvalue weighted by atomic mass is 10.3. The summed E-state index contributed by atoms with van der Waals surface area (Å²) in [6.07, 6.45) is 0. The Morgan fingerprint density at radius 1 is 1.42 bits per heavy atom. The molecule has 0 atom stereocenters. The number of nitrogen functional groups attached to an aromatic ring is 1. The fourth-order valence-corrected chi connectivity index (χ4v) is 1.23. The van der Waals surface area contributed by atoms with E-state index in [4.69, 9.17) is 10.3 Å². The highest BCUT2D eigenvalue weighted by Crippen LogP contribution is 2.17. The van der Waals surface area contributed by atoms with Gasteiger partial charge < -0.3 is 5.73 Å². The average Bonchev–Trinajstić information content (AvgIpc) is 2.05. The van der Waals surface area contributed by atoms with Gasteiger partial charge in [-0.1, -0.05) is 20.5 Å². The lowest BCUT2D eigenvalue weighted by molar-refractivity contribution is 0.441. The first kappa shape index (κ1) is 7.42. The van der Waals surface area contributed by atoms with Gasteiger partial charge in [-0.2, -0.15) is 4.98 Å². The van der Waals surface area contributed by atoms with Crippen LogP contribution in [-0.2, 0) is 0 Å². The highest BCUT2D eigenvalue weighted by molar-refractivity contribution is 9.10. The van der Waals surface area contributed by atoms with Gasteiger partial charge in [0.15, 0.2) is 5.52 Å². The van der Waals surface area contributed by atoms with E-state index in [2.05, 4.69) is 26.1 Å². The van der Waals surface area contributed by atoms with Gasteiger partial charge in [0.1, 0.15) is 0 Å². The Hall–Kier alpha value is -1.23. The maximum absolute atomic E-state index is 5.33. The molecule has 1 aromatic carbocycles. The van der Waals surface area contributed by atoms with E-state index in [0.717, 1.165) is 4.47 Å². The Kier molecular flexibility index (Phi) is 1.65. The molecule has 60 valence electrons. The molecule has 0 aliphatic rings. The molecule has 0 radical (unpaired) electrons. The van der Waals surface area contributed by atoms with Crippen molar-refractivity contribution >= 4 is 33.0 Å². The van der Waals surface area contributed by atoms with Crippen LogP contribution in [0.1, 0.15) is 0 Å². The molecule has 0 unspecified atom stereocenters. The molecule has 0 aliphatic heterocycles. The van der Waals surface area contributed by atoms with Crippen molar-refractivity contribution in [1.82, 2.24) is 10.1 Å². The molecule has 0 spiro atoms. The third-order valence-electron chi connectivity index (χ3n) is 1.39. The van der Waals surface area contributed by atoms with E-state index in [-0.39, 0.29) is 5.95 Å². The Morgan fingerprint density at radius 2 is 2.25 bits per heavy atom. The first-order valence-electron chi connectivity index (χ1n) is 3.27. The van der Waals surface area contributed by atoms with Crippen molar-refractivity contribution in [2.24, 2.45) is 0 Å². The zero-order chi connectivity index (χ0) is 8.55. The lowest BCUT2D eigenvalue weighted by Crippen LogP contribution is -1.93. The molecule has 0 fully saturated rings. The fourth-order valence-electron chi connectivity index (χ4n) is 0.893. The van der Waals surface area contributed by atoms with Gasteiger partial charge in [-0.25, -0.2) is 0 Å². The summed E-state index contributed by atoms with van der Waals surface area (Å²) in [7, 11) is 0. The summed E-state index contributed by atoms with van der Waals surface area (Å²) in [4.78, 5) is 3.97. The Labute approximate surface area is 76.5 Å². The summed E-state index contributed by atoms with van der Waals surface area (Å²) >= 11 is 3.30. The third-order valence-corrected chi connectivity index (χ3v) is 1.89. The van der Waals surface area contributed by atoms with E-state index in [1.54, 1.807) is 12.1 Å². The number of nitrogens with zero attached hydrogens (tertiary/aromatic N) is 2. The SMILES string of the molecule is Nc1n[o+]c2cc(Br)ccc2n1. The summed E-state index contributed by atoms with van der Waals surface area (Å²) < 4.78 is 5.88. The molecular weight excluding hydrogens is 222 g/mol. The van der Waals surface area contributed by atoms with Gasteiger partial charge >= 0.3 is 11.5 Å². The molecule has 5 heteroatoms. The van der Waals surface area contributed by atoms with Crippen LogP contribution in [0, 0.1) is 0 Å². The molecule has 0 amide bonds. The molecular formula is C7H5BrN3O+. The summed E-state index contributed by atoms with van der Waals surface area (Å²) in [5, 5.41) is 3.52. The molecule has 0 aliphatic carbocycles. The van der Waals surface area contributed by atoms with Gasteiger partial charge in [0.05, 0.1) is 6.07 Å².